The lowest BCUT2D eigenvalue weighted by Crippen LogP contribution is -2.23. The molecular formula is C16H16N2O3. The number of rotatable bonds is 3. The number of aliphatic hydroxyl groups excluding tert-OH is 1. The van der Waals surface area contributed by atoms with Crippen LogP contribution in [0.1, 0.15) is 32.9 Å². The lowest BCUT2D eigenvalue weighted by atomic mass is 10.0. The average molecular weight is 284 g/mol. The second kappa shape index (κ2) is 6.73. The monoisotopic (exact) mass is 284 g/mol. The Labute approximate surface area is 123 Å². The van der Waals surface area contributed by atoms with Gasteiger partial charge in [-0.05, 0) is 26.0 Å². The highest BCUT2D eigenvalue weighted by Gasteiger charge is 2.11. The second-order valence-electron chi connectivity index (χ2n) is 4.63. The van der Waals surface area contributed by atoms with Gasteiger partial charge in [0.25, 0.3) is 5.91 Å². The smallest absolute Gasteiger partial charge is 0.252 e. The number of nitrogens with one attached hydrogen (secondary N) is 1. The molecule has 0 unspecified atom stereocenters. The van der Waals surface area contributed by atoms with Gasteiger partial charge in [0, 0.05) is 11.6 Å². The van der Waals surface area contributed by atoms with E-state index in [1.54, 1.807) is 18.2 Å². The fourth-order valence-corrected chi connectivity index (χ4v) is 1.85. The van der Waals surface area contributed by atoms with Gasteiger partial charge >= 0.3 is 0 Å². The molecule has 0 fully saturated rings. The Hall–Kier alpha value is -2.58. The van der Waals surface area contributed by atoms with Crippen molar-refractivity contribution in [1.29, 1.82) is 0 Å². The van der Waals surface area contributed by atoms with Crippen molar-refractivity contribution in [2.45, 2.75) is 20.4 Å². The topological polar surface area (TPSA) is 75.4 Å². The van der Waals surface area contributed by atoms with Crippen molar-refractivity contribution in [3.8, 4) is 11.8 Å². The van der Waals surface area contributed by atoms with Gasteiger partial charge in [0.2, 0.25) is 0 Å². The highest BCUT2D eigenvalue weighted by Crippen LogP contribution is 2.11. The van der Waals surface area contributed by atoms with Gasteiger partial charge in [0.15, 0.2) is 5.76 Å². The summed E-state index contributed by atoms with van der Waals surface area (Å²) in [6.45, 7) is 3.74. The molecule has 0 radical (unpaired) electrons. The Morgan fingerprint density at radius 1 is 1.38 bits per heavy atom. The summed E-state index contributed by atoms with van der Waals surface area (Å²) in [5.74, 6) is 5.68. The van der Waals surface area contributed by atoms with E-state index in [-0.39, 0.29) is 19.1 Å². The molecule has 2 N–H and O–H groups in total. The van der Waals surface area contributed by atoms with E-state index in [0.29, 0.717) is 16.9 Å². The lowest BCUT2D eigenvalue weighted by Gasteiger charge is -2.06. The first-order chi connectivity index (χ1) is 10.1. The van der Waals surface area contributed by atoms with Crippen LogP contribution in [-0.2, 0) is 6.54 Å². The summed E-state index contributed by atoms with van der Waals surface area (Å²) in [7, 11) is 0. The molecule has 0 atom stereocenters. The number of benzene rings is 1. The number of carbonyl (C=O) groups is 1. The van der Waals surface area contributed by atoms with Crippen molar-refractivity contribution in [1.82, 2.24) is 10.5 Å². The third kappa shape index (κ3) is 3.94. The quantitative estimate of drug-likeness (QED) is 0.839. The first-order valence-electron chi connectivity index (χ1n) is 6.51. The van der Waals surface area contributed by atoms with E-state index < -0.39 is 0 Å². The summed E-state index contributed by atoms with van der Waals surface area (Å²) in [6, 6.07) is 7.18. The summed E-state index contributed by atoms with van der Waals surface area (Å²) in [5, 5.41) is 15.3. The molecule has 1 heterocycles. The number of nitrogens with zero attached hydrogens (tertiary/aromatic N) is 1. The van der Waals surface area contributed by atoms with Crippen LogP contribution in [0.3, 0.4) is 0 Å². The molecule has 21 heavy (non-hydrogen) atoms. The van der Waals surface area contributed by atoms with E-state index in [4.69, 9.17) is 9.63 Å². The van der Waals surface area contributed by atoms with Gasteiger partial charge < -0.3 is 14.9 Å². The Balaban J connectivity index is 2.15. The predicted molar refractivity (Wildman–Crippen MR) is 77.6 cm³/mol. The molecule has 0 aliphatic carbocycles. The third-order valence-electron chi connectivity index (χ3n) is 2.82. The molecule has 2 rings (SSSR count). The molecule has 1 aromatic carbocycles. The zero-order valence-electron chi connectivity index (χ0n) is 11.9. The highest BCUT2D eigenvalue weighted by molar-refractivity contribution is 5.96. The first kappa shape index (κ1) is 14.8. The minimum absolute atomic E-state index is 0.241. The van der Waals surface area contributed by atoms with Gasteiger partial charge in [-0.2, -0.15) is 0 Å². The summed E-state index contributed by atoms with van der Waals surface area (Å²) in [5.41, 5.74) is 2.79. The molecule has 0 aliphatic rings. The predicted octanol–water partition coefficient (Wildman–Crippen LogP) is 1.57. The summed E-state index contributed by atoms with van der Waals surface area (Å²) < 4.78 is 5.04. The SMILES string of the molecule is Cc1ccc(C#CCO)c(C(=O)NCc2cc(C)no2)c1. The first-order valence-corrected chi connectivity index (χ1v) is 6.51. The van der Waals surface area contributed by atoms with Gasteiger partial charge in [0.1, 0.15) is 6.61 Å². The number of aryl methyl sites for hydroxylation is 2. The molecule has 1 amide bonds. The number of amides is 1. The van der Waals surface area contributed by atoms with Crippen molar-refractivity contribution in [3.05, 3.63) is 52.4 Å². The zero-order valence-corrected chi connectivity index (χ0v) is 11.9. The Morgan fingerprint density at radius 2 is 2.19 bits per heavy atom. The molecule has 2 aromatic rings. The maximum atomic E-state index is 12.3. The normalized spacial score (nSPS) is 9.86. The molecule has 0 saturated carbocycles. The molecule has 108 valence electrons. The molecule has 1 aromatic heterocycles. The zero-order chi connectivity index (χ0) is 15.2. The minimum Gasteiger partial charge on any atom is -0.384 e. The molecule has 0 bridgehead atoms. The third-order valence-corrected chi connectivity index (χ3v) is 2.82. The van der Waals surface area contributed by atoms with E-state index in [9.17, 15) is 4.79 Å². The van der Waals surface area contributed by atoms with Crippen molar-refractivity contribution in [2.24, 2.45) is 0 Å². The maximum absolute atomic E-state index is 12.3. The van der Waals surface area contributed by atoms with Crippen LogP contribution in [0.5, 0.6) is 0 Å². The van der Waals surface area contributed by atoms with Gasteiger partial charge in [-0.25, -0.2) is 0 Å². The Bertz CT molecular complexity index is 708. The van der Waals surface area contributed by atoms with Crippen LogP contribution in [0, 0.1) is 25.7 Å². The van der Waals surface area contributed by atoms with Crippen LogP contribution in [0.25, 0.3) is 0 Å². The van der Waals surface area contributed by atoms with Crippen LogP contribution in [-0.4, -0.2) is 22.8 Å². The van der Waals surface area contributed by atoms with Crippen LogP contribution in [0.15, 0.2) is 28.8 Å². The van der Waals surface area contributed by atoms with Crippen molar-refractivity contribution >= 4 is 5.91 Å². The lowest BCUT2D eigenvalue weighted by molar-refractivity contribution is 0.0946. The van der Waals surface area contributed by atoms with Crippen LogP contribution < -0.4 is 5.32 Å². The fraction of sp³-hybridized carbons (Fsp3) is 0.250. The molecule has 0 saturated heterocycles. The van der Waals surface area contributed by atoms with Crippen molar-refractivity contribution in [3.63, 3.8) is 0 Å². The molecular weight excluding hydrogens is 268 g/mol. The van der Waals surface area contributed by atoms with Gasteiger partial charge in [0.05, 0.1) is 17.8 Å². The molecule has 0 spiro atoms. The van der Waals surface area contributed by atoms with Crippen LogP contribution >= 0.6 is 0 Å². The summed E-state index contributed by atoms with van der Waals surface area (Å²) >= 11 is 0. The van der Waals surface area contributed by atoms with Crippen LogP contribution in [0.4, 0.5) is 0 Å². The van der Waals surface area contributed by atoms with Gasteiger partial charge in [-0.15, -0.1) is 0 Å². The van der Waals surface area contributed by atoms with E-state index >= 15 is 0 Å². The number of hydrogen-bond acceptors (Lipinski definition) is 4. The molecule has 5 heteroatoms. The molecule has 5 nitrogen and oxygen atoms in total. The fourth-order valence-electron chi connectivity index (χ4n) is 1.85. The summed E-state index contributed by atoms with van der Waals surface area (Å²) in [6.07, 6.45) is 0. The second-order valence-corrected chi connectivity index (χ2v) is 4.63. The van der Waals surface area contributed by atoms with E-state index in [2.05, 4.69) is 22.3 Å². The van der Waals surface area contributed by atoms with Gasteiger partial charge in [-0.1, -0.05) is 28.6 Å². The number of aliphatic hydroxyl groups is 1. The van der Waals surface area contributed by atoms with Crippen molar-refractivity contribution in [2.75, 3.05) is 6.61 Å². The minimum atomic E-state index is -0.244. The summed E-state index contributed by atoms with van der Waals surface area (Å²) in [4.78, 5) is 12.3. The maximum Gasteiger partial charge on any atom is 0.252 e. The Morgan fingerprint density at radius 3 is 2.86 bits per heavy atom. The van der Waals surface area contributed by atoms with E-state index in [1.165, 1.54) is 0 Å². The number of aromatic nitrogens is 1. The highest BCUT2D eigenvalue weighted by atomic mass is 16.5. The van der Waals surface area contributed by atoms with Gasteiger partial charge in [-0.3, -0.25) is 4.79 Å². The standard InChI is InChI=1S/C16H16N2O3/c1-11-5-6-13(4-3-7-19)15(8-11)16(20)17-10-14-9-12(2)18-21-14/h5-6,8-9,19H,7,10H2,1-2H3,(H,17,20). The van der Waals surface area contributed by atoms with Crippen molar-refractivity contribution < 1.29 is 14.4 Å². The van der Waals surface area contributed by atoms with E-state index in [1.807, 2.05) is 19.9 Å². The number of hydrogen-bond donors (Lipinski definition) is 2. The average Bonchev–Trinajstić information content (AvgIpc) is 2.89. The largest absolute Gasteiger partial charge is 0.384 e. The Kier molecular flexibility index (Phi) is 4.75. The van der Waals surface area contributed by atoms with E-state index in [0.717, 1.165) is 11.3 Å². The number of carbonyl (C=O) groups excluding carboxylic acids is 1. The molecule has 0 aliphatic heterocycles. The van der Waals surface area contributed by atoms with Crippen LogP contribution in [0.2, 0.25) is 0 Å².